The van der Waals surface area contributed by atoms with Gasteiger partial charge < -0.3 is 10.2 Å². The molecule has 1 atom stereocenters. The molecule has 2 aromatic rings. The Kier molecular flexibility index (Phi) is 4.95. The summed E-state index contributed by atoms with van der Waals surface area (Å²) in [5, 5.41) is 2.98. The van der Waals surface area contributed by atoms with Gasteiger partial charge in [0.25, 0.3) is 0 Å². The average molecular weight is 401 g/mol. The van der Waals surface area contributed by atoms with Gasteiger partial charge in [-0.2, -0.15) is 0 Å². The van der Waals surface area contributed by atoms with Crippen LogP contribution in [0.1, 0.15) is 23.1 Å². The van der Waals surface area contributed by atoms with Crippen molar-refractivity contribution in [3.8, 4) is 0 Å². The van der Waals surface area contributed by atoms with E-state index in [4.69, 9.17) is 0 Å². The molecule has 0 aromatic heterocycles. The van der Waals surface area contributed by atoms with Crippen LogP contribution in [0.2, 0.25) is 0 Å². The van der Waals surface area contributed by atoms with Crippen molar-refractivity contribution < 1.29 is 9.59 Å². The van der Waals surface area contributed by atoms with Crippen LogP contribution in [0.5, 0.6) is 0 Å². The number of carbonyl (C=O) groups excluding carboxylic acids is 2. The standard InChI is InChI=1S/C20H21BrN2O2/c1-12-4-6-16(7-5-12)23-11-15(10-19(23)24)20(25)22-18-9-8-17(21)13(2)14(18)3/h4-9,15H,10-11H2,1-3H3,(H,22,25)/t15-/m1/s1. The summed E-state index contributed by atoms with van der Waals surface area (Å²) in [5.41, 5.74) is 4.92. The molecule has 25 heavy (non-hydrogen) atoms. The molecular weight excluding hydrogens is 380 g/mol. The minimum Gasteiger partial charge on any atom is -0.326 e. The maximum absolute atomic E-state index is 12.6. The van der Waals surface area contributed by atoms with Gasteiger partial charge in [0, 0.05) is 28.8 Å². The van der Waals surface area contributed by atoms with Gasteiger partial charge in [0.15, 0.2) is 0 Å². The van der Waals surface area contributed by atoms with Crippen LogP contribution in [0.25, 0.3) is 0 Å². The van der Waals surface area contributed by atoms with Crippen molar-refractivity contribution in [2.24, 2.45) is 5.92 Å². The minimum atomic E-state index is -0.336. The van der Waals surface area contributed by atoms with Gasteiger partial charge in [0.1, 0.15) is 0 Å². The zero-order chi connectivity index (χ0) is 18.1. The van der Waals surface area contributed by atoms with Gasteiger partial charge in [-0.3, -0.25) is 9.59 Å². The zero-order valence-corrected chi connectivity index (χ0v) is 16.2. The Morgan fingerprint density at radius 3 is 2.44 bits per heavy atom. The van der Waals surface area contributed by atoms with Gasteiger partial charge in [-0.05, 0) is 56.2 Å². The lowest BCUT2D eigenvalue weighted by Crippen LogP contribution is -2.28. The molecule has 0 unspecified atom stereocenters. The first-order valence-corrected chi connectivity index (χ1v) is 9.09. The Labute approximate surface area is 156 Å². The van der Waals surface area contributed by atoms with Crippen LogP contribution in [0.3, 0.4) is 0 Å². The summed E-state index contributed by atoms with van der Waals surface area (Å²) in [4.78, 5) is 26.7. The van der Waals surface area contributed by atoms with E-state index in [2.05, 4.69) is 21.2 Å². The second-order valence-electron chi connectivity index (χ2n) is 6.58. The van der Waals surface area contributed by atoms with Crippen LogP contribution in [0, 0.1) is 26.7 Å². The Hall–Kier alpha value is -2.14. The van der Waals surface area contributed by atoms with E-state index in [0.29, 0.717) is 6.54 Å². The van der Waals surface area contributed by atoms with Crippen molar-refractivity contribution in [3.63, 3.8) is 0 Å². The van der Waals surface area contributed by atoms with Crippen molar-refractivity contribution in [3.05, 3.63) is 57.6 Å². The van der Waals surface area contributed by atoms with E-state index in [1.54, 1.807) is 4.90 Å². The smallest absolute Gasteiger partial charge is 0.229 e. The second kappa shape index (κ2) is 7.00. The van der Waals surface area contributed by atoms with E-state index in [0.717, 1.165) is 32.5 Å². The average Bonchev–Trinajstić information content (AvgIpc) is 2.98. The number of nitrogens with zero attached hydrogens (tertiary/aromatic N) is 1. The van der Waals surface area contributed by atoms with Crippen molar-refractivity contribution in [1.82, 2.24) is 0 Å². The van der Waals surface area contributed by atoms with Crippen LogP contribution in [-0.2, 0) is 9.59 Å². The summed E-state index contributed by atoms with van der Waals surface area (Å²) in [6, 6.07) is 11.6. The van der Waals surface area contributed by atoms with Crippen LogP contribution in [-0.4, -0.2) is 18.4 Å². The fraction of sp³-hybridized carbons (Fsp3) is 0.300. The molecule has 0 radical (unpaired) electrons. The largest absolute Gasteiger partial charge is 0.326 e. The molecule has 0 bridgehead atoms. The normalized spacial score (nSPS) is 17.0. The molecule has 0 aliphatic carbocycles. The first-order chi connectivity index (χ1) is 11.9. The lowest BCUT2D eigenvalue weighted by Gasteiger charge is -2.17. The highest BCUT2D eigenvalue weighted by Crippen LogP contribution is 2.29. The van der Waals surface area contributed by atoms with E-state index in [9.17, 15) is 9.59 Å². The van der Waals surface area contributed by atoms with Gasteiger partial charge in [0.2, 0.25) is 11.8 Å². The third-order valence-electron chi connectivity index (χ3n) is 4.82. The molecule has 0 spiro atoms. The number of hydrogen-bond donors (Lipinski definition) is 1. The molecule has 2 aromatic carbocycles. The molecule has 1 saturated heterocycles. The van der Waals surface area contributed by atoms with Gasteiger partial charge in [-0.25, -0.2) is 0 Å². The number of rotatable bonds is 3. The Bertz CT molecular complexity index is 830. The molecule has 1 N–H and O–H groups in total. The maximum Gasteiger partial charge on any atom is 0.229 e. The van der Waals surface area contributed by atoms with Crippen molar-refractivity contribution in [1.29, 1.82) is 0 Å². The second-order valence-corrected chi connectivity index (χ2v) is 7.43. The minimum absolute atomic E-state index is 0.00675. The number of anilines is 2. The maximum atomic E-state index is 12.6. The van der Waals surface area contributed by atoms with Crippen molar-refractivity contribution in [2.75, 3.05) is 16.8 Å². The summed E-state index contributed by atoms with van der Waals surface area (Å²) >= 11 is 3.50. The number of carbonyl (C=O) groups is 2. The summed E-state index contributed by atoms with van der Waals surface area (Å²) in [6.45, 7) is 6.41. The summed E-state index contributed by atoms with van der Waals surface area (Å²) < 4.78 is 1.02. The molecule has 1 heterocycles. The number of aryl methyl sites for hydroxylation is 1. The Morgan fingerprint density at radius 1 is 1.08 bits per heavy atom. The summed E-state index contributed by atoms with van der Waals surface area (Å²) in [6.07, 6.45) is 0.244. The molecule has 3 rings (SSSR count). The first kappa shape index (κ1) is 17.7. The third kappa shape index (κ3) is 3.61. The lowest BCUT2D eigenvalue weighted by molar-refractivity contribution is -0.122. The highest BCUT2D eigenvalue weighted by Gasteiger charge is 2.35. The van der Waals surface area contributed by atoms with E-state index in [1.807, 2.05) is 57.2 Å². The van der Waals surface area contributed by atoms with Gasteiger partial charge in [-0.1, -0.05) is 33.6 Å². The third-order valence-corrected chi connectivity index (χ3v) is 5.68. The van der Waals surface area contributed by atoms with E-state index in [1.165, 1.54) is 0 Å². The molecular formula is C20H21BrN2O2. The molecule has 2 amide bonds. The van der Waals surface area contributed by atoms with E-state index >= 15 is 0 Å². The fourth-order valence-electron chi connectivity index (χ4n) is 3.02. The SMILES string of the molecule is Cc1ccc(N2C[C@H](C(=O)Nc3ccc(Br)c(C)c3C)CC2=O)cc1. The molecule has 5 heteroatoms. The highest BCUT2D eigenvalue weighted by molar-refractivity contribution is 9.10. The predicted octanol–water partition coefficient (Wildman–Crippen LogP) is 4.37. The number of halogens is 1. The van der Waals surface area contributed by atoms with E-state index < -0.39 is 0 Å². The first-order valence-electron chi connectivity index (χ1n) is 8.30. The number of hydrogen-bond acceptors (Lipinski definition) is 2. The monoisotopic (exact) mass is 400 g/mol. The molecule has 0 saturated carbocycles. The Balaban J connectivity index is 1.73. The number of benzene rings is 2. The predicted molar refractivity (Wildman–Crippen MR) is 104 cm³/mol. The van der Waals surface area contributed by atoms with Crippen LogP contribution in [0.4, 0.5) is 11.4 Å². The quantitative estimate of drug-likeness (QED) is 0.831. The van der Waals surface area contributed by atoms with E-state index in [-0.39, 0.29) is 24.2 Å². The molecule has 130 valence electrons. The van der Waals surface area contributed by atoms with Crippen LogP contribution < -0.4 is 10.2 Å². The van der Waals surface area contributed by atoms with Crippen LogP contribution >= 0.6 is 15.9 Å². The van der Waals surface area contributed by atoms with Crippen LogP contribution in [0.15, 0.2) is 40.9 Å². The molecule has 4 nitrogen and oxygen atoms in total. The lowest BCUT2D eigenvalue weighted by atomic mass is 10.1. The highest BCUT2D eigenvalue weighted by atomic mass is 79.9. The fourth-order valence-corrected chi connectivity index (χ4v) is 3.44. The topological polar surface area (TPSA) is 49.4 Å². The summed E-state index contributed by atoms with van der Waals surface area (Å²) in [5.74, 6) is -0.447. The van der Waals surface area contributed by atoms with Gasteiger partial charge in [-0.15, -0.1) is 0 Å². The Morgan fingerprint density at radius 2 is 1.76 bits per heavy atom. The molecule has 1 fully saturated rings. The van der Waals surface area contributed by atoms with Crippen molar-refractivity contribution in [2.45, 2.75) is 27.2 Å². The summed E-state index contributed by atoms with van der Waals surface area (Å²) in [7, 11) is 0. The number of nitrogens with one attached hydrogen (secondary N) is 1. The van der Waals surface area contributed by atoms with Crippen molar-refractivity contribution >= 4 is 39.1 Å². The zero-order valence-electron chi connectivity index (χ0n) is 14.6. The molecule has 1 aliphatic rings. The van der Waals surface area contributed by atoms with Gasteiger partial charge in [0.05, 0.1) is 5.92 Å². The van der Waals surface area contributed by atoms with Gasteiger partial charge >= 0.3 is 0 Å². The molecule has 1 aliphatic heterocycles. The number of amides is 2.